The second kappa shape index (κ2) is 4.72. The maximum absolute atomic E-state index is 6.03. The Morgan fingerprint density at radius 1 is 1.44 bits per heavy atom. The number of hydrogen-bond donors (Lipinski definition) is 0. The van der Waals surface area contributed by atoms with E-state index in [1.807, 2.05) is 24.3 Å². The summed E-state index contributed by atoms with van der Waals surface area (Å²) in [7, 11) is 0. The number of hydrogen-bond acceptors (Lipinski definition) is 3. The van der Waals surface area contributed by atoms with Crippen LogP contribution in [-0.4, -0.2) is 18.4 Å². The largest absolute Gasteiger partial charge is 0.274 e. The third-order valence-electron chi connectivity index (χ3n) is 2.48. The van der Waals surface area contributed by atoms with Gasteiger partial charge in [-0.2, -0.15) is 0 Å². The van der Waals surface area contributed by atoms with Crippen LogP contribution in [0, 0.1) is 5.41 Å². The van der Waals surface area contributed by atoms with E-state index < -0.39 is 0 Å². The average Bonchev–Trinajstić information content (AvgIpc) is 2.57. The number of halogens is 1. The minimum atomic E-state index is 0.153. The molecule has 0 unspecified atom stereocenters. The lowest BCUT2D eigenvalue weighted by Gasteiger charge is -2.16. The first-order valence-electron chi connectivity index (χ1n) is 5.34. The van der Waals surface area contributed by atoms with Gasteiger partial charge < -0.3 is 0 Å². The first-order valence-corrected chi connectivity index (χ1v) is 5.71. The van der Waals surface area contributed by atoms with E-state index in [1.165, 1.54) is 0 Å². The lowest BCUT2D eigenvalue weighted by Crippen LogP contribution is -2.23. The molecule has 3 nitrogen and oxygen atoms in total. The fraction of sp³-hybridized carbons (Fsp3) is 0.500. The SMILES string of the molecule is CC1(C)CON(OCc2ccccc2Cl)C1. The summed E-state index contributed by atoms with van der Waals surface area (Å²) in [6.07, 6.45) is 0. The zero-order valence-corrected chi connectivity index (χ0v) is 10.3. The van der Waals surface area contributed by atoms with Gasteiger partial charge in [-0.05, 0) is 11.6 Å². The Labute approximate surface area is 101 Å². The van der Waals surface area contributed by atoms with Crippen LogP contribution in [0.5, 0.6) is 0 Å². The summed E-state index contributed by atoms with van der Waals surface area (Å²) < 4.78 is 0. The van der Waals surface area contributed by atoms with Crippen LogP contribution in [-0.2, 0) is 16.3 Å². The van der Waals surface area contributed by atoms with Crippen LogP contribution >= 0.6 is 11.6 Å². The first kappa shape index (κ1) is 11.9. The molecule has 1 aromatic rings. The third kappa shape index (κ3) is 2.95. The van der Waals surface area contributed by atoms with E-state index in [4.69, 9.17) is 21.3 Å². The highest BCUT2D eigenvalue weighted by Crippen LogP contribution is 2.26. The predicted molar refractivity (Wildman–Crippen MR) is 62.7 cm³/mol. The first-order chi connectivity index (χ1) is 7.57. The van der Waals surface area contributed by atoms with E-state index >= 15 is 0 Å². The summed E-state index contributed by atoms with van der Waals surface area (Å²) in [5, 5.41) is 2.27. The predicted octanol–water partition coefficient (Wildman–Crippen LogP) is 3.05. The Morgan fingerprint density at radius 2 is 2.19 bits per heavy atom. The Kier molecular flexibility index (Phi) is 3.50. The molecule has 0 bridgehead atoms. The summed E-state index contributed by atoms with van der Waals surface area (Å²) in [5.74, 6) is 0. The Hall–Kier alpha value is -0.610. The van der Waals surface area contributed by atoms with Crippen molar-refractivity contribution in [3.63, 3.8) is 0 Å². The van der Waals surface area contributed by atoms with Gasteiger partial charge in [0.1, 0.15) is 0 Å². The van der Waals surface area contributed by atoms with E-state index in [9.17, 15) is 0 Å². The molecule has 0 spiro atoms. The van der Waals surface area contributed by atoms with Crippen LogP contribution in [0.15, 0.2) is 24.3 Å². The van der Waals surface area contributed by atoms with Crippen LogP contribution in [0.4, 0.5) is 0 Å². The summed E-state index contributed by atoms with van der Waals surface area (Å²) >= 11 is 6.03. The van der Waals surface area contributed by atoms with Gasteiger partial charge in [0.15, 0.2) is 0 Å². The summed E-state index contributed by atoms with van der Waals surface area (Å²) in [5.41, 5.74) is 1.12. The van der Waals surface area contributed by atoms with Gasteiger partial charge in [0, 0.05) is 10.4 Å². The van der Waals surface area contributed by atoms with Gasteiger partial charge in [-0.3, -0.25) is 9.68 Å². The van der Waals surface area contributed by atoms with Crippen LogP contribution in [0.1, 0.15) is 19.4 Å². The molecule has 2 rings (SSSR count). The molecular weight excluding hydrogens is 226 g/mol. The van der Waals surface area contributed by atoms with Gasteiger partial charge in [-0.25, -0.2) is 0 Å². The quantitative estimate of drug-likeness (QED) is 0.812. The zero-order chi connectivity index (χ0) is 11.6. The minimum absolute atomic E-state index is 0.153. The Morgan fingerprint density at radius 3 is 2.81 bits per heavy atom. The van der Waals surface area contributed by atoms with Crippen molar-refractivity contribution in [3.05, 3.63) is 34.9 Å². The molecule has 4 heteroatoms. The topological polar surface area (TPSA) is 21.7 Å². The highest BCUT2D eigenvalue weighted by atomic mass is 35.5. The Balaban J connectivity index is 1.87. The van der Waals surface area contributed by atoms with E-state index in [2.05, 4.69) is 13.8 Å². The van der Waals surface area contributed by atoms with E-state index in [0.717, 1.165) is 17.1 Å². The fourth-order valence-electron chi connectivity index (χ4n) is 1.53. The summed E-state index contributed by atoms with van der Waals surface area (Å²) in [4.78, 5) is 10.9. The highest BCUT2D eigenvalue weighted by molar-refractivity contribution is 6.31. The molecular formula is C12H16ClNO2. The molecule has 1 aliphatic rings. The van der Waals surface area contributed by atoms with E-state index in [-0.39, 0.29) is 5.41 Å². The number of nitrogens with zero attached hydrogens (tertiary/aromatic N) is 1. The third-order valence-corrected chi connectivity index (χ3v) is 2.85. The molecule has 0 radical (unpaired) electrons. The molecule has 0 atom stereocenters. The molecule has 1 saturated heterocycles. The second-order valence-corrected chi connectivity index (χ2v) is 5.20. The zero-order valence-electron chi connectivity index (χ0n) is 9.57. The van der Waals surface area contributed by atoms with Crippen molar-refractivity contribution in [2.24, 2.45) is 5.41 Å². The van der Waals surface area contributed by atoms with Gasteiger partial charge in [0.05, 0.1) is 19.8 Å². The standard InChI is InChI=1S/C12H16ClNO2/c1-12(2)8-14(16-9-12)15-7-10-5-3-4-6-11(10)13/h3-6H,7-9H2,1-2H3. The highest BCUT2D eigenvalue weighted by Gasteiger charge is 2.31. The van der Waals surface area contributed by atoms with Crippen molar-refractivity contribution in [1.29, 1.82) is 0 Å². The van der Waals surface area contributed by atoms with Crippen molar-refractivity contribution in [1.82, 2.24) is 5.23 Å². The molecule has 0 N–H and O–H groups in total. The van der Waals surface area contributed by atoms with Gasteiger partial charge in [-0.1, -0.05) is 48.9 Å². The van der Waals surface area contributed by atoms with Crippen molar-refractivity contribution >= 4 is 11.6 Å². The van der Waals surface area contributed by atoms with Gasteiger partial charge in [0.2, 0.25) is 0 Å². The van der Waals surface area contributed by atoms with Crippen molar-refractivity contribution in [3.8, 4) is 0 Å². The lowest BCUT2D eigenvalue weighted by molar-refractivity contribution is -0.346. The fourth-order valence-corrected chi connectivity index (χ4v) is 1.72. The molecule has 88 valence electrons. The molecule has 1 aromatic carbocycles. The molecule has 0 aliphatic carbocycles. The molecule has 1 aliphatic heterocycles. The smallest absolute Gasteiger partial charge is 0.0976 e. The van der Waals surface area contributed by atoms with Crippen molar-refractivity contribution < 1.29 is 9.68 Å². The maximum atomic E-state index is 6.03. The van der Waals surface area contributed by atoms with Crippen LogP contribution < -0.4 is 0 Å². The monoisotopic (exact) mass is 241 g/mol. The van der Waals surface area contributed by atoms with Gasteiger partial charge in [-0.15, -0.1) is 0 Å². The van der Waals surface area contributed by atoms with Crippen LogP contribution in [0.2, 0.25) is 5.02 Å². The lowest BCUT2D eigenvalue weighted by atomic mass is 9.97. The molecule has 1 fully saturated rings. The number of hydroxylamine groups is 2. The summed E-state index contributed by atoms with van der Waals surface area (Å²) in [6, 6.07) is 7.65. The molecule has 0 aromatic heterocycles. The number of benzene rings is 1. The maximum Gasteiger partial charge on any atom is 0.0976 e. The molecule has 0 saturated carbocycles. The molecule has 0 amide bonds. The van der Waals surface area contributed by atoms with Crippen LogP contribution in [0.25, 0.3) is 0 Å². The van der Waals surface area contributed by atoms with Crippen LogP contribution in [0.3, 0.4) is 0 Å². The summed E-state index contributed by atoms with van der Waals surface area (Å²) in [6.45, 7) is 6.19. The van der Waals surface area contributed by atoms with Gasteiger partial charge in [0.25, 0.3) is 0 Å². The van der Waals surface area contributed by atoms with Crippen molar-refractivity contribution in [2.75, 3.05) is 13.2 Å². The second-order valence-electron chi connectivity index (χ2n) is 4.79. The van der Waals surface area contributed by atoms with Gasteiger partial charge >= 0.3 is 0 Å². The van der Waals surface area contributed by atoms with E-state index in [1.54, 1.807) is 5.23 Å². The molecule has 1 heterocycles. The van der Waals surface area contributed by atoms with Crippen molar-refractivity contribution in [2.45, 2.75) is 20.5 Å². The minimum Gasteiger partial charge on any atom is -0.274 e. The Bertz CT molecular complexity index is 368. The average molecular weight is 242 g/mol. The van der Waals surface area contributed by atoms with E-state index in [0.29, 0.717) is 13.2 Å². The normalized spacial score (nSPS) is 20.2. The molecule has 16 heavy (non-hydrogen) atoms. The number of rotatable bonds is 3.